The molecule has 1 aromatic rings. The van der Waals surface area contributed by atoms with Crippen LogP contribution in [0.3, 0.4) is 0 Å². The average Bonchev–Trinajstić information content (AvgIpc) is 2.88. The zero-order chi connectivity index (χ0) is 14.8. The molecule has 0 unspecified atom stereocenters. The third-order valence-electron chi connectivity index (χ3n) is 3.84. The molecule has 110 valence electrons. The van der Waals surface area contributed by atoms with E-state index >= 15 is 0 Å². The van der Waals surface area contributed by atoms with E-state index in [9.17, 15) is 18.3 Å². The number of hydrogen-bond donors (Lipinski definition) is 2. The molecular weight excluding hydrogens is 278 g/mol. The molecule has 0 bridgehead atoms. The van der Waals surface area contributed by atoms with Gasteiger partial charge in [0.2, 0.25) is 10.0 Å². The molecule has 1 aromatic carbocycles. The number of benzene rings is 1. The molecule has 2 rings (SSSR count). The van der Waals surface area contributed by atoms with E-state index in [4.69, 9.17) is 0 Å². The molecule has 1 saturated carbocycles. The molecule has 0 heterocycles. The molecule has 1 fully saturated rings. The van der Waals surface area contributed by atoms with E-state index in [1.165, 1.54) is 12.1 Å². The molecule has 0 spiro atoms. The summed E-state index contributed by atoms with van der Waals surface area (Å²) in [6.07, 6.45) is 2.96. The maximum absolute atomic E-state index is 12.3. The summed E-state index contributed by atoms with van der Waals surface area (Å²) in [5.74, 6) is -1.09. The highest BCUT2D eigenvalue weighted by Gasteiger charge is 2.44. The van der Waals surface area contributed by atoms with Crippen molar-refractivity contribution in [1.29, 1.82) is 0 Å². The molecule has 0 aromatic heterocycles. The van der Waals surface area contributed by atoms with Gasteiger partial charge < -0.3 is 5.11 Å². The van der Waals surface area contributed by atoms with Crippen LogP contribution in [0.1, 0.15) is 38.2 Å². The maximum atomic E-state index is 12.3. The first-order valence-corrected chi connectivity index (χ1v) is 8.24. The highest BCUT2D eigenvalue weighted by atomic mass is 32.2. The van der Waals surface area contributed by atoms with Gasteiger partial charge in [0.05, 0.1) is 4.90 Å². The minimum absolute atomic E-state index is 0.113. The maximum Gasteiger partial charge on any atom is 0.324 e. The van der Waals surface area contributed by atoms with Crippen molar-refractivity contribution in [3.63, 3.8) is 0 Å². The Balaban J connectivity index is 2.27. The van der Waals surface area contributed by atoms with Gasteiger partial charge in [-0.15, -0.1) is 0 Å². The molecule has 0 aliphatic heterocycles. The third kappa shape index (κ3) is 2.86. The Kier molecular flexibility index (Phi) is 4.15. The molecule has 5 nitrogen and oxygen atoms in total. The van der Waals surface area contributed by atoms with Crippen LogP contribution < -0.4 is 4.72 Å². The van der Waals surface area contributed by atoms with Crippen LogP contribution in [-0.2, 0) is 21.2 Å². The van der Waals surface area contributed by atoms with Crippen LogP contribution in [0.4, 0.5) is 0 Å². The lowest BCUT2D eigenvalue weighted by molar-refractivity contribution is -0.143. The number of nitrogens with one attached hydrogen (secondary N) is 1. The Morgan fingerprint density at radius 1 is 1.25 bits per heavy atom. The van der Waals surface area contributed by atoms with Crippen molar-refractivity contribution < 1.29 is 18.3 Å². The van der Waals surface area contributed by atoms with Crippen molar-refractivity contribution in [2.45, 2.75) is 49.5 Å². The summed E-state index contributed by atoms with van der Waals surface area (Å²) in [6, 6.07) is 6.53. The molecule has 0 amide bonds. The van der Waals surface area contributed by atoms with Crippen LogP contribution in [0.2, 0.25) is 0 Å². The minimum atomic E-state index is -3.80. The second kappa shape index (κ2) is 5.54. The number of hydrogen-bond acceptors (Lipinski definition) is 3. The van der Waals surface area contributed by atoms with Gasteiger partial charge in [-0.05, 0) is 37.0 Å². The van der Waals surface area contributed by atoms with E-state index in [2.05, 4.69) is 4.72 Å². The topological polar surface area (TPSA) is 83.5 Å². The minimum Gasteiger partial charge on any atom is -0.480 e. The molecule has 20 heavy (non-hydrogen) atoms. The largest absolute Gasteiger partial charge is 0.480 e. The van der Waals surface area contributed by atoms with E-state index in [1.807, 2.05) is 6.92 Å². The average molecular weight is 297 g/mol. The smallest absolute Gasteiger partial charge is 0.324 e. The molecule has 1 aliphatic carbocycles. The van der Waals surface area contributed by atoms with Crippen LogP contribution >= 0.6 is 0 Å². The Labute approximate surface area is 119 Å². The van der Waals surface area contributed by atoms with Gasteiger partial charge in [0.1, 0.15) is 5.54 Å². The lowest BCUT2D eigenvalue weighted by atomic mass is 10.0. The summed E-state index contributed by atoms with van der Waals surface area (Å²) >= 11 is 0. The molecule has 0 saturated heterocycles. The van der Waals surface area contributed by atoms with Gasteiger partial charge in [-0.1, -0.05) is 31.9 Å². The lowest BCUT2D eigenvalue weighted by Gasteiger charge is -2.25. The van der Waals surface area contributed by atoms with E-state index < -0.39 is 21.5 Å². The molecular formula is C14H19NO4S. The van der Waals surface area contributed by atoms with E-state index in [0.29, 0.717) is 12.8 Å². The van der Waals surface area contributed by atoms with Crippen molar-refractivity contribution in [3.05, 3.63) is 29.8 Å². The van der Waals surface area contributed by atoms with Crippen LogP contribution in [0.15, 0.2) is 29.2 Å². The van der Waals surface area contributed by atoms with Crippen LogP contribution in [0, 0.1) is 0 Å². The first-order valence-electron chi connectivity index (χ1n) is 6.76. The highest BCUT2D eigenvalue weighted by Crippen LogP contribution is 2.31. The fraction of sp³-hybridized carbons (Fsp3) is 0.500. The number of carboxylic acids is 1. The summed E-state index contributed by atoms with van der Waals surface area (Å²) in [7, 11) is -3.80. The van der Waals surface area contributed by atoms with Crippen molar-refractivity contribution >= 4 is 16.0 Å². The van der Waals surface area contributed by atoms with E-state index in [-0.39, 0.29) is 4.90 Å². The Bertz CT molecular complexity index is 586. The molecule has 0 atom stereocenters. The molecule has 2 N–H and O–H groups in total. The van der Waals surface area contributed by atoms with Gasteiger partial charge >= 0.3 is 5.97 Å². The first kappa shape index (κ1) is 15.0. The second-order valence-electron chi connectivity index (χ2n) is 5.20. The predicted octanol–water partition coefficient (Wildman–Crippen LogP) is 1.92. The van der Waals surface area contributed by atoms with Gasteiger partial charge in [-0.2, -0.15) is 4.72 Å². The zero-order valence-corrected chi connectivity index (χ0v) is 12.2. The summed E-state index contributed by atoms with van der Waals surface area (Å²) in [5.41, 5.74) is -0.305. The summed E-state index contributed by atoms with van der Waals surface area (Å²) in [6.45, 7) is 1.99. The van der Waals surface area contributed by atoms with Gasteiger partial charge in [0, 0.05) is 0 Å². The SMILES string of the molecule is CCc1ccc(S(=O)(=O)NC2(C(=O)O)CCCC2)cc1. The third-order valence-corrected chi connectivity index (χ3v) is 5.39. The van der Waals surface area contributed by atoms with Crippen LogP contribution in [0.5, 0.6) is 0 Å². The lowest BCUT2D eigenvalue weighted by Crippen LogP contribution is -2.52. The highest BCUT2D eigenvalue weighted by molar-refractivity contribution is 7.89. The number of carboxylic acid groups (broad SMARTS) is 1. The van der Waals surface area contributed by atoms with Crippen molar-refractivity contribution in [2.75, 3.05) is 0 Å². The molecule has 6 heteroatoms. The standard InChI is InChI=1S/C14H19NO4S/c1-2-11-5-7-12(8-6-11)20(18,19)15-14(13(16)17)9-3-4-10-14/h5-8,15H,2-4,9-10H2,1H3,(H,16,17). The van der Waals surface area contributed by atoms with Crippen molar-refractivity contribution in [2.24, 2.45) is 0 Å². The van der Waals surface area contributed by atoms with E-state index in [0.717, 1.165) is 24.8 Å². The van der Waals surface area contributed by atoms with Crippen LogP contribution in [0.25, 0.3) is 0 Å². The fourth-order valence-electron chi connectivity index (χ4n) is 2.56. The quantitative estimate of drug-likeness (QED) is 0.869. The zero-order valence-electron chi connectivity index (χ0n) is 11.4. The van der Waals surface area contributed by atoms with Gasteiger partial charge in [0.25, 0.3) is 0 Å². The van der Waals surface area contributed by atoms with Gasteiger partial charge in [0.15, 0.2) is 0 Å². The number of carbonyl (C=O) groups is 1. The number of aryl methyl sites for hydroxylation is 1. The number of rotatable bonds is 5. The summed E-state index contributed by atoms with van der Waals surface area (Å²) in [5, 5.41) is 9.33. The van der Waals surface area contributed by atoms with Crippen molar-refractivity contribution in [1.82, 2.24) is 4.72 Å². The first-order chi connectivity index (χ1) is 9.39. The fourth-order valence-corrected chi connectivity index (χ4v) is 3.98. The molecule has 1 aliphatic rings. The van der Waals surface area contributed by atoms with E-state index in [1.54, 1.807) is 12.1 Å². The monoisotopic (exact) mass is 297 g/mol. The summed E-state index contributed by atoms with van der Waals surface area (Å²) in [4.78, 5) is 11.5. The Morgan fingerprint density at radius 2 is 1.80 bits per heavy atom. The Morgan fingerprint density at radius 3 is 2.25 bits per heavy atom. The van der Waals surface area contributed by atoms with Crippen LogP contribution in [-0.4, -0.2) is 25.0 Å². The number of aliphatic carboxylic acids is 1. The second-order valence-corrected chi connectivity index (χ2v) is 6.88. The normalized spacial score (nSPS) is 18.1. The predicted molar refractivity (Wildman–Crippen MR) is 75.0 cm³/mol. The van der Waals surface area contributed by atoms with Gasteiger partial charge in [-0.3, -0.25) is 4.79 Å². The molecule has 0 radical (unpaired) electrons. The van der Waals surface area contributed by atoms with Crippen molar-refractivity contribution in [3.8, 4) is 0 Å². The van der Waals surface area contributed by atoms with Gasteiger partial charge in [-0.25, -0.2) is 8.42 Å². The summed E-state index contributed by atoms with van der Waals surface area (Å²) < 4.78 is 27.0. The Hall–Kier alpha value is -1.40. The number of sulfonamides is 1.